The standard InChI is InChI=1S/C18H18N6O2/c1-4-26-12-5-6-15-14(9-12)11(3)21-17(22-15)24-18-20-10(2)13(7-8-19)16(25)23-18/h5-6,9H,4,7H2,1-3H3,(H2,20,21,22,23,24,25). The molecule has 132 valence electrons. The van der Waals surface area contributed by atoms with Crippen LogP contribution >= 0.6 is 0 Å². The number of hydrogen-bond donors (Lipinski definition) is 2. The van der Waals surface area contributed by atoms with Gasteiger partial charge in [0.2, 0.25) is 11.9 Å². The molecule has 3 rings (SSSR count). The summed E-state index contributed by atoms with van der Waals surface area (Å²) in [7, 11) is 0. The lowest BCUT2D eigenvalue weighted by molar-refractivity contribution is 0.340. The lowest BCUT2D eigenvalue weighted by atomic mass is 10.2. The molecule has 0 radical (unpaired) electrons. The number of anilines is 2. The number of rotatable bonds is 5. The van der Waals surface area contributed by atoms with E-state index in [0.29, 0.717) is 23.8 Å². The average molecular weight is 350 g/mol. The molecule has 0 saturated carbocycles. The molecule has 0 amide bonds. The SMILES string of the molecule is CCOc1ccc2nc(Nc3nc(C)c(CC#N)c(=O)[nH]3)nc(C)c2c1. The van der Waals surface area contributed by atoms with Crippen molar-refractivity contribution in [3.63, 3.8) is 0 Å². The van der Waals surface area contributed by atoms with Crippen molar-refractivity contribution in [2.45, 2.75) is 27.2 Å². The molecule has 0 aliphatic carbocycles. The van der Waals surface area contributed by atoms with E-state index in [1.54, 1.807) is 6.92 Å². The Balaban J connectivity index is 1.96. The number of H-pyrrole nitrogens is 1. The monoisotopic (exact) mass is 350 g/mol. The van der Waals surface area contributed by atoms with E-state index in [9.17, 15) is 4.79 Å². The molecule has 0 saturated heterocycles. The lowest BCUT2D eigenvalue weighted by Gasteiger charge is -2.10. The summed E-state index contributed by atoms with van der Waals surface area (Å²) in [5.74, 6) is 1.33. The van der Waals surface area contributed by atoms with E-state index >= 15 is 0 Å². The van der Waals surface area contributed by atoms with Gasteiger partial charge in [0.05, 0.1) is 41.6 Å². The number of nitriles is 1. The fourth-order valence-corrected chi connectivity index (χ4v) is 2.64. The van der Waals surface area contributed by atoms with Crippen molar-refractivity contribution in [3.8, 4) is 11.8 Å². The number of hydrogen-bond acceptors (Lipinski definition) is 7. The highest BCUT2D eigenvalue weighted by Crippen LogP contribution is 2.23. The molecule has 0 bridgehead atoms. The quantitative estimate of drug-likeness (QED) is 0.726. The van der Waals surface area contributed by atoms with E-state index in [2.05, 4.69) is 25.3 Å². The second kappa shape index (κ2) is 7.19. The van der Waals surface area contributed by atoms with Gasteiger partial charge in [-0.05, 0) is 39.0 Å². The van der Waals surface area contributed by atoms with Crippen molar-refractivity contribution < 1.29 is 4.74 Å². The van der Waals surface area contributed by atoms with E-state index in [1.807, 2.05) is 38.1 Å². The third kappa shape index (κ3) is 3.47. The van der Waals surface area contributed by atoms with Crippen LogP contribution in [0.4, 0.5) is 11.9 Å². The normalized spacial score (nSPS) is 10.5. The van der Waals surface area contributed by atoms with Crippen molar-refractivity contribution in [2.24, 2.45) is 0 Å². The van der Waals surface area contributed by atoms with E-state index in [4.69, 9.17) is 10.00 Å². The van der Waals surface area contributed by atoms with Crippen LogP contribution < -0.4 is 15.6 Å². The lowest BCUT2D eigenvalue weighted by Crippen LogP contribution is -2.18. The highest BCUT2D eigenvalue weighted by atomic mass is 16.5. The number of benzene rings is 1. The second-order valence-corrected chi connectivity index (χ2v) is 5.68. The molecule has 0 atom stereocenters. The van der Waals surface area contributed by atoms with Gasteiger partial charge in [0.1, 0.15) is 5.75 Å². The summed E-state index contributed by atoms with van der Waals surface area (Å²) in [6.45, 7) is 6.08. The van der Waals surface area contributed by atoms with Gasteiger partial charge in [-0.1, -0.05) is 0 Å². The Labute approximate surface area is 149 Å². The maximum Gasteiger partial charge on any atom is 0.256 e. The summed E-state index contributed by atoms with van der Waals surface area (Å²) >= 11 is 0. The predicted molar refractivity (Wildman–Crippen MR) is 97.6 cm³/mol. The highest BCUT2D eigenvalue weighted by molar-refractivity contribution is 5.83. The maximum atomic E-state index is 12.1. The summed E-state index contributed by atoms with van der Waals surface area (Å²) in [6, 6.07) is 7.57. The van der Waals surface area contributed by atoms with Crippen LogP contribution in [-0.2, 0) is 6.42 Å². The van der Waals surface area contributed by atoms with Crippen molar-refractivity contribution in [1.82, 2.24) is 19.9 Å². The first-order valence-electron chi connectivity index (χ1n) is 8.16. The third-order valence-electron chi connectivity index (χ3n) is 3.88. The Morgan fingerprint density at radius 1 is 1.23 bits per heavy atom. The van der Waals surface area contributed by atoms with Crippen LogP contribution in [0.1, 0.15) is 23.9 Å². The van der Waals surface area contributed by atoms with Crippen LogP contribution in [0.15, 0.2) is 23.0 Å². The Hall–Kier alpha value is -3.47. The average Bonchev–Trinajstić information content (AvgIpc) is 2.59. The molecule has 0 fully saturated rings. The highest BCUT2D eigenvalue weighted by Gasteiger charge is 2.11. The fraction of sp³-hybridized carbons (Fsp3) is 0.278. The van der Waals surface area contributed by atoms with Gasteiger partial charge in [-0.15, -0.1) is 0 Å². The van der Waals surface area contributed by atoms with Gasteiger partial charge in [-0.2, -0.15) is 5.26 Å². The van der Waals surface area contributed by atoms with Gasteiger partial charge in [0.25, 0.3) is 5.56 Å². The smallest absolute Gasteiger partial charge is 0.256 e. The summed E-state index contributed by atoms with van der Waals surface area (Å²) < 4.78 is 5.51. The molecule has 3 aromatic rings. The minimum atomic E-state index is -0.347. The molecule has 8 heteroatoms. The van der Waals surface area contributed by atoms with Gasteiger partial charge >= 0.3 is 0 Å². The third-order valence-corrected chi connectivity index (χ3v) is 3.88. The molecule has 1 aromatic carbocycles. The van der Waals surface area contributed by atoms with Crippen LogP contribution in [0.5, 0.6) is 5.75 Å². The largest absolute Gasteiger partial charge is 0.494 e. The van der Waals surface area contributed by atoms with Gasteiger partial charge in [-0.3, -0.25) is 15.1 Å². The van der Waals surface area contributed by atoms with Crippen LogP contribution in [0, 0.1) is 25.2 Å². The van der Waals surface area contributed by atoms with Gasteiger partial charge in [-0.25, -0.2) is 15.0 Å². The number of aromatic amines is 1. The summed E-state index contributed by atoms with van der Waals surface area (Å²) in [4.78, 5) is 27.9. The number of aryl methyl sites for hydroxylation is 2. The van der Waals surface area contributed by atoms with Gasteiger partial charge < -0.3 is 4.74 Å². The molecule has 0 spiro atoms. The van der Waals surface area contributed by atoms with Crippen LogP contribution in [0.2, 0.25) is 0 Å². The second-order valence-electron chi connectivity index (χ2n) is 5.68. The van der Waals surface area contributed by atoms with E-state index in [0.717, 1.165) is 22.3 Å². The van der Waals surface area contributed by atoms with E-state index in [1.165, 1.54) is 0 Å². The molecule has 26 heavy (non-hydrogen) atoms. The number of ether oxygens (including phenoxy) is 1. The van der Waals surface area contributed by atoms with Crippen LogP contribution in [-0.4, -0.2) is 26.5 Å². The maximum absolute atomic E-state index is 12.1. The summed E-state index contributed by atoms with van der Waals surface area (Å²) in [6.07, 6.45) is 0.0161. The fourth-order valence-electron chi connectivity index (χ4n) is 2.64. The molecular formula is C18H18N6O2. The number of nitrogens with zero attached hydrogens (tertiary/aromatic N) is 4. The van der Waals surface area contributed by atoms with E-state index in [-0.39, 0.29) is 17.9 Å². The van der Waals surface area contributed by atoms with Gasteiger partial charge in [0.15, 0.2) is 0 Å². The first-order valence-corrected chi connectivity index (χ1v) is 8.16. The first-order chi connectivity index (χ1) is 12.5. The molecule has 0 unspecified atom stereocenters. The van der Waals surface area contributed by atoms with Crippen molar-refractivity contribution in [3.05, 3.63) is 45.5 Å². The Morgan fingerprint density at radius 2 is 2.04 bits per heavy atom. The zero-order valence-corrected chi connectivity index (χ0v) is 14.8. The Kier molecular flexibility index (Phi) is 4.80. The number of nitrogens with one attached hydrogen (secondary N) is 2. The van der Waals surface area contributed by atoms with Crippen LogP contribution in [0.25, 0.3) is 10.9 Å². The molecule has 8 nitrogen and oxygen atoms in total. The molecule has 0 aliphatic rings. The predicted octanol–water partition coefficient (Wildman–Crippen LogP) is 2.54. The Morgan fingerprint density at radius 3 is 2.73 bits per heavy atom. The van der Waals surface area contributed by atoms with Crippen molar-refractivity contribution in [2.75, 3.05) is 11.9 Å². The topological polar surface area (TPSA) is 117 Å². The van der Waals surface area contributed by atoms with Gasteiger partial charge in [0, 0.05) is 5.39 Å². The Bertz CT molecular complexity index is 1070. The number of fused-ring (bicyclic) bond motifs is 1. The molecule has 2 N–H and O–H groups in total. The summed E-state index contributed by atoms with van der Waals surface area (Å²) in [5, 5.41) is 12.6. The molecule has 2 aromatic heterocycles. The first kappa shape index (κ1) is 17.4. The van der Waals surface area contributed by atoms with Crippen molar-refractivity contribution in [1.29, 1.82) is 5.26 Å². The number of aromatic nitrogens is 4. The van der Waals surface area contributed by atoms with E-state index < -0.39 is 0 Å². The molecule has 2 heterocycles. The van der Waals surface area contributed by atoms with Crippen molar-refractivity contribution >= 4 is 22.8 Å². The zero-order valence-electron chi connectivity index (χ0n) is 14.8. The summed E-state index contributed by atoms with van der Waals surface area (Å²) in [5.41, 5.74) is 2.04. The van der Waals surface area contributed by atoms with Crippen LogP contribution in [0.3, 0.4) is 0 Å². The molecule has 0 aliphatic heterocycles. The minimum absolute atomic E-state index is 0.0161. The minimum Gasteiger partial charge on any atom is -0.494 e. The zero-order chi connectivity index (χ0) is 18.7. The molecular weight excluding hydrogens is 332 g/mol.